The molecule has 1 aliphatic heterocycles. The Labute approximate surface area is 109 Å². The fraction of sp³-hybridized carbons (Fsp3) is 0.643. The third-order valence-electron chi connectivity index (χ3n) is 3.12. The van der Waals surface area contributed by atoms with Crippen LogP contribution in [0.2, 0.25) is 0 Å². The first-order valence-corrected chi connectivity index (χ1v) is 6.74. The summed E-state index contributed by atoms with van der Waals surface area (Å²) in [4.78, 5) is 6.84. The number of hydrogen-bond acceptors (Lipinski definition) is 4. The Kier molecular flexibility index (Phi) is 4.55. The fourth-order valence-electron chi connectivity index (χ4n) is 2.55. The van der Waals surface area contributed by atoms with Crippen LogP contribution in [0.15, 0.2) is 18.3 Å². The number of nitrogens with zero attached hydrogens (tertiary/aromatic N) is 2. The maximum atomic E-state index is 5.76. The first-order valence-electron chi connectivity index (χ1n) is 6.74. The topological polar surface area (TPSA) is 37.4 Å². The molecule has 18 heavy (non-hydrogen) atoms. The molecule has 2 heterocycles. The summed E-state index contributed by atoms with van der Waals surface area (Å²) in [6.07, 6.45) is 2.47. The van der Waals surface area contributed by atoms with Gasteiger partial charge in [-0.15, -0.1) is 0 Å². The van der Waals surface area contributed by atoms with E-state index < -0.39 is 0 Å². The molecule has 2 atom stereocenters. The maximum Gasteiger partial charge on any atom is 0.130 e. The summed E-state index contributed by atoms with van der Waals surface area (Å²) >= 11 is 0. The van der Waals surface area contributed by atoms with E-state index in [1.54, 1.807) is 0 Å². The van der Waals surface area contributed by atoms with Crippen LogP contribution in [-0.4, -0.2) is 41.7 Å². The molecule has 0 amide bonds. The van der Waals surface area contributed by atoms with Crippen molar-refractivity contribution in [2.24, 2.45) is 0 Å². The average molecular weight is 249 g/mol. The minimum Gasteiger partial charge on any atom is -0.373 e. The lowest BCUT2D eigenvalue weighted by Crippen LogP contribution is -2.44. The van der Waals surface area contributed by atoms with E-state index in [0.717, 1.165) is 32.0 Å². The van der Waals surface area contributed by atoms with Gasteiger partial charge < -0.3 is 10.1 Å². The first-order chi connectivity index (χ1) is 8.69. The molecule has 0 bridgehead atoms. The molecule has 1 aliphatic rings. The molecular formula is C14H23N3O. The summed E-state index contributed by atoms with van der Waals surface area (Å²) < 4.78 is 5.76. The van der Waals surface area contributed by atoms with Gasteiger partial charge in [0.15, 0.2) is 0 Å². The highest BCUT2D eigenvalue weighted by Gasteiger charge is 2.22. The van der Waals surface area contributed by atoms with Crippen molar-refractivity contribution in [2.45, 2.75) is 39.5 Å². The summed E-state index contributed by atoms with van der Waals surface area (Å²) in [7, 11) is 0. The van der Waals surface area contributed by atoms with E-state index in [2.05, 4.69) is 42.0 Å². The van der Waals surface area contributed by atoms with Crippen LogP contribution in [0.25, 0.3) is 0 Å². The summed E-state index contributed by atoms with van der Waals surface area (Å²) in [5, 5.41) is 3.32. The standard InChI is InChI=1S/C14H23N3O/c1-4-15-14-13(6-5-7-16-14)10-17-8-11(2)18-12(3)9-17/h5-7,11-12H,4,8-10H2,1-3H3,(H,15,16). The minimum atomic E-state index is 0.313. The van der Waals surface area contributed by atoms with Gasteiger partial charge in [0.1, 0.15) is 5.82 Å². The summed E-state index contributed by atoms with van der Waals surface area (Å²) in [5.41, 5.74) is 1.26. The largest absolute Gasteiger partial charge is 0.373 e. The molecule has 1 N–H and O–H groups in total. The van der Waals surface area contributed by atoms with E-state index in [0.29, 0.717) is 12.2 Å². The van der Waals surface area contributed by atoms with Crippen LogP contribution in [0.4, 0.5) is 5.82 Å². The molecule has 2 unspecified atom stereocenters. The van der Waals surface area contributed by atoms with Crippen molar-refractivity contribution < 1.29 is 4.74 Å². The molecule has 0 spiro atoms. The van der Waals surface area contributed by atoms with Gasteiger partial charge in [-0.3, -0.25) is 4.90 Å². The summed E-state index contributed by atoms with van der Waals surface area (Å²) in [5.74, 6) is 1.01. The lowest BCUT2D eigenvalue weighted by Gasteiger charge is -2.35. The molecule has 1 fully saturated rings. The summed E-state index contributed by atoms with van der Waals surface area (Å²) in [6, 6.07) is 4.15. The zero-order valence-corrected chi connectivity index (χ0v) is 11.5. The number of anilines is 1. The molecule has 1 aromatic heterocycles. The Morgan fingerprint density at radius 3 is 2.78 bits per heavy atom. The zero-order valence-electron chi connectivity index (χ0n) is 11.5. The van der Waals surface area contributed by atoms with E-state index in [4.69, 9.17) is 4.74 Å². The molecule has 0 aromatic carbocycles. The van der Waals surface area contributed by atoms with Crippen LogP contribution < -0.4 is 5.32 Å². The molecule has 1 aromatic rings. The highest BCUT2D eigenvalue weighted by Crippen LogP contribution is 2.18. The van der Waals surface area contributed by atoms with Crippen molar-refractivity contribution in [3.63, 3.8) is 0 Å². The quantitative estimate of drug-likeness (QED) is 0.887. The first kappa shape index (κ1) is 13.3. The monoisotopic (exact) mass is 249 g/mol. The van der Waals surface area contributed by atoms with Crippen molar-refractivity contribution in [2.75, 3.05) is 25.0 Å². The fourth-order valence-corrected chi connectivity index (χ4v) is 2.55. The average Bonchev–Trinajstić information content (AvgIpc) is 2.30. The number of hydrogen-bond donors (Lipinski definition) is 1. The third-order valence-corrected chi connectivity index (χ3v) is 3.12. The van der Waals surface area contributed by atoms with Crippen LogP contribution in [0, 0.1) is 0 Å². The smallest absolute Gasteiger partial charge is 0.130 e. The summed E-state index contributed by atoms with van der Waals surface area (Å²) in [6.45, 7) is 10.2. The third kappa shape index (κ3) is 3.43. The SMILES string of the molecule is CCNc1ncccc1CN1CC(C)OC(C)C1. The number of pyridine rings is 1. The molecule has 0 aliphatic carbocycles. The molecule has 4 heteroatoms. The maximum absolute atomic E-state index is 5.76. The van der Waals surface area contributed by atoms with Crippen LogP contribution in [0.1, 0.15) is 26.3 Å². The molecule has 4 nitrogen and oxygen atoms in total. The second-order valence-electron chi connectivity index (χ2n) is 4.99. The normalized spacial score (nSPS) is 25.1. The Morgan fingerprint density at radius 2 is 2.11 bits per heavy atom. The molecule has 1 saturated heterocycles. The minimum absolute atomic E-state index is 0.313. The van der Waals surface area contributed by atoms with E-state index in [-0.39, 0.29) is 0 Å². The Hall–Kier alpha value is -1.13. The van der Waals surface area contributed by atoms with E-state index >= 15 is 0 Å². The number of rotatable bonds is 4. The number of aromatic nitrogens is 1. The van der Waals surface area contributed by atoms with Gasteiger partial charge in [0.25, 0.3) is 0 Å². The van der Waals surface area contributed by atoms with Crippen LogP contribution in [0.5, 0.6) is 0 Å². The van der Waals surface area contributed by atoms with Crippen LogP contribution in [0.3, 0.4) is 0 Å². The van der Waals surface area contributed by atoms with Crippen molar-refractivity contribution in [3.8, 4) is 0 Å². The predicted molar refractivity (Wildman–Crippen MR) is 73.7 cm³/mol. The Morgan fingerprint density at radius 1 is 1.39 bits per heavy atom. The van der Waals surface area contributed by atoms with Gasteiger partial charge >= 0.3 is 0 Å². The van der Waals surface area contributed by atoms with Gasteiger partial charge in [-0.25, -0.2) is 4.98 Å². The Bertz CT molecular complexity index is 373. The van der Waals surface area contributed by atoms with Gasteiger partial charge in [-0.2, -0.15) is 0 Å². The molecule has 0 saturated carbocycles. The Balaban J connectivity index is 2.04. The lowest BCUT2D eigenvalue weighted by atomic mass is 10.2. The van der Waals surface area contributed by atoms with Gasteiger partial charge in [0.2, 0.25) is 0 Å². The van der Waals surface area contributed by atoms with Crippen LogP contribution in [-0.2, 0) is 11.3 Å². The van der Waals surface area contributed by atoms with Gasteiger partial charge in [0, 0.05) is 37.9 Å². The van der Waals surface area contributed by atoms with Gasteiger partial charge in [-0.1, -0.05) is 6.07 Å². The highest BCUT2D eigenvalue weighted by molar-refractivity contribution is 5.43. The lowest BCUT2D eigenvalue weighted by molar-refractivity contribution is -0.0704. The molecule has 100 valence electrons. The second kappa shape index (κ2) is 6.16. The van der Waals surface area contributed by atoms with Crippen LogP contribution >= 0.6 is 0 Å². The highest BCUT2D eigenvalue weighted by atomic mass is 16.5. The molecule has 2 rings (SSSR count). The molecule has 0 radical (unpaired) electrons. The number of ether oxygens (including phenoxy) is 1. The predicted octanol–water partition coefficient (Wildman–Crippen LogP) is 2.12. The van der Waals surface area contributed by atoms with E-state index in [9.17, 15) is 0 Å². The van der Waals surface area contributed by atoms with E-state index in [1.165, 1.54) is 5.56 Å². The second-order valence-corrected chi connectivity index (χ2v) is 4.99. The van der Waals surface area contributed by atoms with Gasteiger partial charge in [-0.05, 0) is 26.8 Å². The van der Waals surface area contributed by atoms with Crippen molar-refractivity contribution in [1.29, 1.82) is 0 Å². The van der Waals surface area contributed by atoms with Crippen molar-refractivity contribution in [1.82, 2.24) is 9.88 Å². The molecular weight excluding hydrogens is 226 g/mol. The number of morpholine rings is 1. The number of nitrogens with one attached hydrogen (secondary N) is 1. The van der Waals surface area contributed by atoms with E-state index in [1.807, 2.05) is 12.3 Å². The van der Waals surface area contributed by atoms with Gasteiger partial charge in [0.05, 0.1) is 12.2 Å². The zero-order chi connectivity index (χ0) is 13.0. The van der Waals surface area contributed by atoms with Crippen molar-refractivity contribution >= 4 is 5.82 Å². The van der Waals surface area contributed by atoms with Crippen molar-refractivity contribution in [3.05, 3.63) is 23.9 Å².